The second kappa shape index (κ2) is 19.0. The summed E-state index contributed by atoms with van der Waals surface area (Å²) >= 11 is 0. The molecule has 0 bridgehead atoms. The Balaban J connectivity index is 3.17. The van der Waals surface area contributed by atoms with Crippen molar-refractivity contribution in [2.45, 2.75) is 96.8 Å². The Labute approximate surface area is 144 Å². The predicted molar refractivity (Wildman–Crippen MR) is 101 cm³/mol. The fourth-order valence-corrected chi connectivity index (χ4v) is 2.54. The summed E-state index contributed by atoms with van der Waals surface area (Å²) in [6, 6.07) is 0. The van der Waals surface area contributed by atoms with Gasteiger partial charge < -0.3 is 4.74 Å². The standard InChI is InChI=1S/C21H38O2/c1-3-4-5-6-7-8-9-10-11-12-13-14-15-16-17-18-19-20-21(22)23-2/h7-8,10-11H,3-6,9,12-20H2,1-2H3/b8-7-,11-10+. The predicted octanol–water partition coefficient (Wildman–Crippen LogP) is 6.75. The second-order valence-corrected chi connectivity index (χ2v) is 6.26. The van der Waals surface area contributed by atoms with Crippen molar-refractivity contribution in [3.8, 4) is 0 Å². The smallest absolute Gasteiger partial charge is 0.305 e. The maximum Gasteiger partial charge on any atom is 0.305 e. The van der Waals surface area contributed by atoms with Gasteiger partial charge >= 0.3 is 5.97 Å². The van der Waals surface area contributed by atoms with Crippen molar-refractivity contribution in [1.29, 1.82) is 0 Å². The number of carbonyl (C=O) groups excluding carboxylic acids is 1. The Kier molecular flexibility index (Phi) is 18.1. The molecule has 23 heavy (non-hydrogen) atoms. The molecule has 0 saturated carbocycles. The number of esters is 1. The topological polar surface area (TPSA) is 26.3 Å². The van der Waals surface area contributed by atoms with Crippen LogP contribution in [-0.4, -0.2) is 13.1 Å². The number of rotatable bonds is 16. The van der Waals surface area contributed by atoms with E-state index in [9.17, 15) is 4.79 Å². The van der Waals surface area contributed by atoms with Crippen LogP contribution < -0.4 is 0 Å². The first-order valence-electron chi connectivity index (χ1n) is 9.68. The largest absolute Gasteiger partial charge is 0.469 e. The number of hydrogen-bond acceptors (Lipinski definition) is 2. The molecule has 0 aliphatic heterocycles. The van der Waals surface area contributed by atoms with Crippen LogP contribution in [0.25, 0.3) is 0 Å². The van der Waals surface area contributed by atoms with E-state index >= 15 is 0 Å². The first-order valence-corrected chi connectivity index (χ1v) is 9.68. The highest BCUT2D eigenvalue weighted by Gasteiger charge is 1.98. The summed E-state index contributed by atoms with van der Waals surface area (Å²) in [5.41, 5.74) is 0. The van der Waals surface area contributed by atoms with Crippen LogP contribution in [0.4, 0.5) is 0 Å². The molecule has 0 spiro atoms. The molecule has 0 atom stereocenters. The highest BCUT2D eigenvalue weighted by Crippen LogP contribution is 2.10. The molecule has 0 saturated heterocycles. The zero-order valence-electron chi connectivity index (χ0n) is 15.5. The summed E-state index contributed by atoms with van der Waals surface area (Å²) in [5.74, 6) is -0.0763. The molecule has 0 aliphatic rings. The Bertz CT molecular complexity index is 305. The van der Waals surface area contributed by atoms with Gasteiger partial charge in [-0.15, -0.1) is 0 Å². The Hall–Kier alpha value is -1.05. The molecule has 0 heterocycles. The monoisotopic (exact) mass is 322 g/mol. The third-order valence-corrected chi connectivity index (χ3v) is 4.06. The van der Waals surface area contributed by atoms with E-state index in [-0.39, 0.29) is 5.97 Å². The van der Waals surface area contributed by atoms with E-state index in [4.69, 9.17) is 0 Å². The zero-order chi connectivity index (χ0) is 17.0. The molecule has 2 heteroatoms. The van der Waals surface area contributed by atoms with Crippen molar-refractivity contribution < 1.29 is 9.53 Å². The number of carbonyl (C=O) groups is 1. The molecule has 0 aromatic rings. The highest BCUT2D eigenvalue weighted by molar-refractivity contribution is 5.68. The first kappa shape index (κ1) is 21.9. The summed E-state index contributed by atoms with van der Waals surface area (Å²) < 4.78 is 4.63. The van der Waals surface area contributed by atoms with Gasteiger partial charge in [0, 0.05) is 6.42 Å². The SMILES string of the molecule is CCCCC/C=C\C/C=C/CCCCCCCCCC(=O)OC. The molecule has 0 rings (SSSR count). The van der Waals surface area contributed by atoms with Gasteiger partial charge in [0.25, 0.3) is 0 Å². The first-order chi connectivity index (χ1) is 11.3. The van der Waals surface area contributed by atoms with Crippen LogP contribution in [0.2, 0.25) is 0 Å². The number of ether oxygens (including phenoxy) is 1. The maximum absolute atomic E-state index is 10.9. The second-order valence-electron chi connectivity index (χ2n) is 6.26. The van der Waals surface area contributed by atoms with Gasteiger partial charge in [0.05, 0.1) is 7.11 Å². The van der Waals surface area contributed by atoms with E-state index in [1.807, 2.05) is 0 Å². The summed E-state index contributed by atoms with van der Waals surface area (Å²) in [5, 5.41) is 0. The van der Waals surface area contributed by atoms with Gasteiger partial charge in [0.2, 0.25) is 0 Å². The third kappa shape index (κ3) is 18.9. The molecular formula is C21H38O2. The average molecular weight is 323 g/mol. The molecule has 0 unspecified atom stereocenters. The third-order valence-electron chi connectivity index (χ3n) is 4.06. The van der Waals surface area contributed by atoms with E-state index in [1.54, 1.807) is 0 Å². The highest BCUT2D eigenvalue weighted by atomic mass is 16.5. The molecule has 0 radical (unpaired) electrons. The molecule has 0 N–H and O–H groups in total. The normalized spacial score (nSPS) is 11.6. The van der Waals surface area contributed by atoms with Gasteiger partial charge in [-0.1, -0.05) is 76.2 Å². The molecular weight excluding hydrogens is 284 g/mol. The lowest BCUT2D eigenvalue weighted by atomic mass is 10.1. The number of unbranched alkanes of at least 4 members (excludes halogenated alkanes) is 10. The average Bonchev–Trinajstić information content (AvgIpc) is 2.57. The van der Waals surface area contributed by atoms with Crippen molar-refractivity contribution in [2.24, 2.45) is 0 Å². The molecule has 0 aromatic carbocycles. The Morgan fingerprint density at radius 3 is 1.83 bits per heavy atom. The van der Waals surface area contributed by atoms with Gasteiger partial charge in [0.1, 0.15) is 0 Å². The quantitative estimate of drug-likeness (QED) is 0.178. The van der Waals surface area contributed by atoms with Crippen LogP contribution in [-0.2, 0) is 9.53 Å². The molecule has 134 valence electrons. The van der Waals surface area contributed by atoms with Crippen LogP contribution in [0, 0.1) is 0 Å². The molecule has 0 fully saturated rings. The van der Waals surface area contributed by atoms with E-state index < -0.39 is 0 Å². The van der Waals surface area contributed by atoms with Crippen LogP contribution in [0.1, 0.15) is 96.8 Å². The van der Waals surface area contributed by atoms with Crippen LogP contribution >= 0.6 is 0 Å². The number of allylic oxidation sites excluding steroid dienone is 4. The van der Waals surface area contributed by atoms with Gasteiger partial charge in [0.15, 0.2) is 0 Å². The van der Waals surface area contributed by atoms with Crippen LogP contribution in [0.5, 0.6) is 0 Å². The van der Waals surface area contributed by atoms with Crippen molar-refractivity contribution in [2.75, 3.05) is 7.11 Å². The fraction of sp³-hybridized carbons (Fsp3) is 0.762. The van der Waals surface area contributed by atoms with Crippen LogP contribution in [0.15, 0.2) is 24.3 Å². The molecule has 0 aliphatic carbocycles. The van der Waals surface area contributed by atoms with E-state index in [2.05, 4.69) is 36.0 Å². The minimum Gasteiger partial charge on any atom is -0.469 e. The van der Waals surface area contributed by atoms with Crippen molar-refractivity contribution in [1.82, 2.24) is 0 Å². The molecule has 0 aromatic heterocycles. The lowest BCUT2D eigenvalue weighted by Crippen LogP contribution is -1.99. The number of hydrogen-bond donors (Lipinski definition) is 0. The molecule has 2 nitrogen and oxygen atoms in total. The van der Waals surface area contributed by atoms with Gasteiger partial charge in [-0.05, 0) is 38.5 Å². The summed E-state index contributed by atoms with van der Waals surface area (Å²) in [6.45, 7) is 2.25. The van der Waals surface area contributed by atoms with E-state index in [0.717, 1.165) is 19.3 Å². The van der Waals surface area contributed by atoms with Gasteiger partial charge in [-0.2, -0.15) is 0 Å². The van der Waals surface area contributed by atoms with Gasteiger partial charge in [-0.3, -0.25) is 4.79 Å². The molecule has 0 amide bonds. The van der Waals surface area contributed by atoms with Crippen molar-refractivity contribution in [3.05, 3.63) is 24.3 Å². The summed E-state index contributed by atoms with van der Waals surface area (Å²) in [7, 11) is 1.46. The zero-order valence-corrected chi connectivity index (χ0v) is 15.5. The summed E-state index contributed by atoms with van der Waals surface area (Å²) in [4.78, 5) is 10.9. The van der Waals surface area contributed by atoms with E-state index in [0.29, 0.717) is 6.42 Å². The van der Waals surface area contributed by atoms with Crippen LogP contribution in [0.3, 0.4) is 0 Å². The van der Waals surface area contributed by atoms with E-state index in [1.165, 1.54) is 71.3 Å². The van der Waals surface area contributed by atoms with Gasteiger partial charge in [-0.25, -0.2) is 0 Å². The van der Waals surface area contributed by atoms with Crippen molar-refractivity contribution in [3.63, 3.8) is 0 Å². The minimum atomic E-state index is -0.0763. The number of methoxy groups -OCH3 is 1. The Morgan fingerprint density at radius 1 is 0.739 bits per heavy atom. The minimum absolute atomic E-state index is 0.0763. The maximum atomic E-state index is 10.9. The fourth-order valence-electron chi connectivity index (χ4n) is 2.54. The lowest BCUT2D eigenvalue weighted by Gasteiger charge is -2.01. The lowest BCUT2D eigenvalue weighted by molar-refractivity contribution is -0.140. The van der Waals surface area contributed by atoms with Crippen molar-refractivity contribution >= 4 is 5.97 Å². The summed E-state index contributed by atoms with van der Waals surface area (Å²) in [6.07, 6.45) is 26.0. The Morgan fingerprint density at radius 2 is 1.26 bits per heavy atom.